The Bertz CT molecular complexity index is 218. The van der Waals surface area contributed by atoms with Crippen LogP contribution in [0.15, 0.2) is 0 Å². The summed E-state index contributed by atoms with van der Waals surface area (Å²) >= 11 is 0. The fourth-order valence-electron chi connectivity index (χ4n) is 1.75. The zero-order valence-corrected chi connectivity index (χ0v) is 10.9. The molecule has 0 saturated carbocycles. The van der Waals surface area contributed by atoms with Crippen molar-refractivity contribution in [2.75, 3.05) is 46.4 Å². The van der Waals surface area contributed by atoms with Gasteiger partial charge in [0.1, 0.15) is 0 Å². The standard InChI is InChI=1S/C12H24N2O3/c1-3-4-6-17-12(15)10-14(2)9-11-8-13-5-7-16-11/h11,13H,3-10H2,1-2H3. The van der Waals surface area contributed by atoms with Gasteiger partial charge in [-0.1, -0.05) is 13.3 Å². The van der Waals surface area contributed by atoms with Crippen molar-refractivity contribution in [2.45, 2.75) is 25.9 Å². The van der Waals surface area contributed by atoms with Crippen molar-refractivity contribution in [3.05, 3.63) is 0 Å². The van der Waals surface area contributed by atoms with Crippen molar-refractivity contribution in [3.8, 4) is 0 Å². The molecule has 1 aliphatic heterocycles. The lowest BCUT2D eigenvalue weighted by atomic mass is 10.3. The monoisotopic (exact) mass is 244 g/mol. The number of carbonyl (C=O) groups is 1. The summed E-state index contributed by atoms with van der Waals surface area (Å²) in [6, 6.07) is 0. The molecule has 5 heteroatoms. The van der Waals surface area contributed by atoms with Gasteiger partial charge < -0.3 is 14.8 Å². The number of unbranched alkanes of at least 4 members (excludes halogenated alkanes) is 1. The summed E-state index contributed by atoms with van der Waals surface area (Å²) in [5.74, 6) is -0.148. The van der Waals surface area contributed by atoms with Gasteiger partial charge in [0.25, 0.3) is 0 Å². The van der Waals surface area contributed by atoms with Crippen molar-refractivity contribution in [2.24, 2.45) is 0 Å². The van der Waals surface area contributed by atoms with Crippen LogP contribution in [0.25, 0.3) is 0 Å². The Morgan fingerprint density at radius 3 is 3.06 bits per heavy atom. The first-order chi connectivity index (χ1) is 8.22. The highest BCUT2D eigenvalue weighted by atomic mass is 16.5. The summed E-state index contributed by atoms with van der Waals surface area (Å²) in [4.78, 5) is 13.4. The Balaban J connectivity index is 2.10. The SMILES string of the molecule is CCCCOC(=O)CN(C)CC1CNCCO1. The third-order valence-corrected chi connectivity index (χ3v) is 2.68. The molecule has 0 aliphatic carbocycles. The van der Waals surface area contributed by atoms with Gasteiger partial charge in [0, 0.05) is 19.6 Å². The molecule has 1 atom stereocenters. The van der Waals surface area contributed by atoms with Gasteiger partial charge in [-0.3, -0.25) is 9.69 Å². The number of rotatable bonds is 7. The highest BCUT2D eigenvalue weighted by molar-refractivity contribution is 5.71. The number of ether oxygens (including phenoxy) is 2. The zero-order chi connectivity index (χ0) is 12.5. The van der Waals surface area contributed by atoms with E-state index < -0.39 is 0 Å². The molecule has 5 nitrogen and oxygen atoms in total. The molecule has 1 rings (SSSR count). The van der Waals surface area contributed by atoms with E-state index in [4.69, 9.17) is 9.47 Å². The largest absolute Gasteiger partial charge is 0.465 e. The van der Waals surface area contributed by atoms with Gasteiger partial charge >= 0.3 is 5.97 Å². The van der Waals surface area contributed by atoms with Crippen LogP contribution in [0.1, 0.15) is 19.8 Å². The van der Waals surface area contributed by atoms with Crippen molar-refractivity contribution < 1.29 is 14.3 Å². The first kappa shape index (κ1) is 14.4. The van der Waals surface area contributed by atoms with Crippen molar-refractivity contribution in [1.82, 2.24) is 10.2 Å². The molecule has 1 aliphatic rings. The second-order valence-electron chi connectivity index (χ2n) is 4.47. The van der Waals surface area contributed by atoms with Crippen LogP contribution >= 0.6 is 0 Å². The summed E-state index contributed by atoms with van der Waals surface area (Å²) in [5, 5.41) is 3.27. The van der Waals surface area contributed by atoms with Crippen LogP contribution < -0.4 is 5.32 Å². The Morgan fingerprint density at radius 2 is 2.41 bits per heavy atom. The number of morpholine rings is 1. The number of nitrogens with zero attached hydrogens (tertiary/aromatic N) is 1. The average molecular weight is 244 g/mol. The summed E-state index contributed by atoms with van der Waals surface area (Å²) in [5.41, 5.74) is 0. The van der Waals surface area contributed by atoms with E-state index in [1.165, 1.54) is 0 Å². The molecule has 0 spiro atoms. The minimum atomic E-state index is -0.148. The maximum absolute atomic E-state index is 11.4. The Hall–Kier alpha value is -0.650. The van der Waals surface area contributed by atoms with Crippen molar-refractivity contribution in [1.29, 1.82) is 0 Å². The predicted molar refractivity (Wildman–Crippen MR) is 66.0 cm³/mol. The molecule has 1 heterocycles. The maximum atomic E-state index is 11.4. The highest BCUT2D eigenvalue weighted by Gasteiger charge is 2.17. The van der Waals surface area contributed by atoms with Crippen LogP contribution in [0.2, 0.25) is 0 Å². The van der Waals surface area contributed by atoms with E-state index in [1.807, 2.05) is 11.9 Å². The van der Waals surface area contributed by atoms with Crippen LogP contribution in [-0.4, -0.2) is 63.4 Å². The topological polar surface area (TPSA) is 50.8 Å². The number of nitrogens with one attached hydrogen (secondary N) is 1. The van der Waals surface area contributed by atoms with Gasteiger partial charge in [0.15, 0.2) is 0 Å². The van der Waals surface area contributed by atoms with Gasteiger partial charge in [-0.15, -0.1) is 0 Å². The van der Waals surface area contributed by atoms with Crippen LogP contribution in [0.3, 0.4) is 0 Å². The lowest BCUT2D eigenvalue weighted by Gasteiger charge is -2.27. The third-order valence-electron chi connectivity index (χ3n) is 2.68. The van der Waals surface area contributed by atoms with Gasteiger partial charge in [-0.05, 0) is 13.5 Å². The third kappa shape index (κ3) is 6.61. The fraction of sp³-hybridized carbons (Fsp3) is 0.917. The molecule has 0 amide bonds. The molecular weight excluding hydrogens is 220 g/mol. The smallest absolute Gasteiger partial charge is 0.320 e. The van der Waals surface area contributed by atoms with Crippen molar-refractivity contribution in [3.63, 3.8) is 0 Å². The molecular formula is C12H24N2O3. The van der Waals surface area contributed by atoms with Gasteiger partial charge in [-0.25, -0.2) is 0 Å². The van der Waals surface area contributed by atoms with E-state index in [0.717, 1.165) is 39.1 Å². The second-order valence-corrected chi connectivity index (χ2v) is 4.47. The minimum Gasteiger partial charge on any atom is -0.465 e. The van der Waals surface area contributed by atoms with E-state index in [0.29, 0.717) is 13.2 Å². The number of hydrogen-bond donors (Lipinski definition) is 1. The first-order valence-corrected chi connectivity index (χ1v) is 6.39. The molecule has 1 unspecified atom stereocenters. The van der Waals surface area contributed by atoms with Crippen molar-refractivity contribution >= 4 is 5.97 Å². The van der Waals surface area contributed by atoms with Crippen LogP contribution in [0, 0.1) is 0 Å². The van der Waals surface area contributed by atoms with E-state index in [2.05, 4.69) is 12.2 Å². The Morgan fingerprint density at radius 1 is 1.59 bits per heavy atom. The summed E-state index contributed by atoms with van der Waals surface area (Å²) < 4.78 is 10.7. The lowest BCUT2D eigenvalue weighted by molar-refractivity contribution is -0.145. The van der Waals surface area contributed by atoms with Gasteiger partial charge in [-0.2, -0.15) is 0 Å². The van der Waals surface area contributed by atoms with E-state index in [1.54, 1.807) is 0 Å². The van der Waals surface area contributed by atoms with Gasteiger partial charge in [0.05, 0.1) is 25.9 Å². The summed E-state index contributed by atoms with van der Waals surface area (Å²) in [6.45, 7) is 6.23. The quantitative estimate of drug-likeness (QED) is 0.514. The van der Waals surface area contributed by atoms with Crippen LogP contribution in [0.4, 0.5) is 0 Å². The van der Waals surface area contributed by atoms with E-state index >= 15 is 0 Å². The molecule has 17 heavy (non-hydrogen) atoms. The molecule has 0 aromatic rings. The molecule has 0 radical (unpaired) electrons. The number of likely N-dealkylation sites (N-methyl/N-ethyl adjacent to an activating group) is 1. The predicted octanol–water partition coefficient (Wildman–Crippen LogP) is 0.250. The normalized spacial score (nSPS) is 20.5. The van der Waals surface area contributed by atoms with Crippen LogP contribution in [0.5, 0.6) is 0 Å². The van der Waals surface area contributed by atoms with Crippen LogP contribution in [-0.2, 0) is 14.3 Å². The molecule has 0 aromatic heterocycles. The van der Waals surface area contributed by atoms with Gasteiger partial charge in [0.2, 0.25) is 0 Å². The fourth-order valence-corrected chi connectivity index (χ4v) is 1.75. The number of hydrogen-bond acceptors (Lipinski definition) is 5. The number of esters is 1. The first-order valence-electron chi connectivity index (χ1n) is 6.39. The number of carbonyl (C=O) groups excluding carboxylic acids is 1. The Kier molecular flexibility index (Phi) is 7.16. The second kappa shape index (κ2) is 8.44. The Labute approximate surface area is 103 Å². The van der Waals surface area contributed by atoms with E-state index in [9.17, 15) is 4.79 Å². The molecule has 0 bridgehead atoms. The average Bonchev–Trinajstić information content (AvgIpc) is 2.30. The summed E-state index contributed by atoms with van der Waals surface area (Å²) in [7, 11) is 1.92. The summed E-state index contributed by atoms with van der Waals surface area (Å²) in [6.07, 6.45) is 2.16. The zero-order valence-electron chi connectivity index (χ0n) is 10.9. The molecule has 0 aromatic carbocycles. The molecule has 1 N–H and O–H groups in total. The highest BCUT2D eigenvalue weighted by Crippen LogP contribution is 1.99. The molecule has 1 fully saturated rings. The molecule has 1 saturated heterocycles. The van der Waals surface area contributed by atoms with E-state index in [-0.39, 0.29) is 12.1 Å². The lowest BCUT2D eigenvalue weighted by Crippen LogP contribution is -2.45. The minimum absolute atomic E-state index is 0.148. The maximum Gasteiger partial charge on any atom is 0.320 e. The molecule has 100 valence electrons.